The Morgan fingerprint density at radius 2 is 1.88 bits per heavy atom. The van der Waals surface area contributed by atoms with Crippen LogP contribution in [0.4, 0.5) is 11.4 Å². The molecule has 25 heavy (non-hydrogen) atoms. The highest BCUT2D eigenvalue weighted by Gasteiger charge is 2.21. The summed E-state index contributed by atoms with van der Waals surface area (Å²) in [6, 6.07) is 5.61. The van der Waals surface area contributed by atoms with E-state index >= 15 is 0 Å². The van der Waals surface area contributed by atoms with Crippen molar-refractivity contribution in [2.45, 2.75) is 57.9 Å². The summed E-state index contributed by atoms with van der Waals surface area (Å²) in [6.07, 6.45) is 4.36. The Balaban J connectivity index is 2.30. The van der Waals surface area contributed by atoms with Gasteiger partial charge < -0.3 is 15.5 Å². The molecule has 1 heterocycles. The Labute approximate surface area is 155 Å². The molecule has 2 atom stereocenters. The average molecular weight is 366 g/mol. The van der Waals surface area contributed by atoms with Gasteiger partial charge in [0.1, 0.15) is 5.38 Å². The number of hydrogen-bond donors (Lipinski definition) is 2. The molecule has 1 aliphatic rings. The molecule has 2 N–H and O–H groups in total. The highest BCUT2D eigenvalue weighted by molar-refractivity contribution is 6.32. The van der Waals surface area contributed by atoms with Gasteiger partial charge in [-0.05, 0) is 57.7 Å². The summed E-state index contributed by atoms with van der Waals surface area (Å²) >= 11 is 5.82. The van der Waals surface area contributed by atoms with Crippen molar-refractivity contribution in [2.24, 2.45) is 0 Å². The number of nitrogens with zero attached hydrogens (tertiary/aromatic N) is 1. The number of anilines is 2. The molecule has 0 unspecified atom stereocenters. The van der Waals surface area contributed by atoms with Crippen LogP contribution in [0.1, 0.15) is 56.8 Å². The van der Waals surface area contributed by atoms with Crippen molar-refractivity contribution in [1.29, 1.82) is 0 Å². The van der Waals surface area contributed by atoms with E-state index in [1.807, 2.05) is 26.0 Å². The molecule has 0 bridgehead atoms. The van der Waals surface area contributed by atoms with Crippen LogP contribution in [0.5, 0.6) is 0 Å². The molecular weight excluding hydrogens is 338 g/mol. The summed E-state index contributed by atoms with van der Waals surface area (Å²) < 4.78 is 0. The number of piperidine rings is 1. The highest BCUT2D eigenvalue weighted by atomic mass is 35.5. The quantitative estimate of drug-likeness (QED) is 0.754. The van der Waals surface area contributed by atoms with Gasteiger partial charge in [0.05, 0.1) is 5.56 Å². The van der Waals surface area contributed by atoms with Crippen molar-refractivity contribution >= 4 is 34.8 Å². The molecule has 1 aliphatic heterocycles. The van der Waals surface area contributed by atoms with Crippen molar-refractivity contribution in [1.82, 2.24) is 5.32 Å². The molecule has 138 valence electrons. The molecule has 1 aromatic rings. The van der Waals surface area contributed by atoms with Gasteiger partial charge in [0.15, 0.2) is 0 Å². The first-order valence-corrected chi connectivity index (χ1v) is 9.50. The molecule has 2 amide bonds. The van der Waals surface area contributed by atoms with Crippen LogP contribution in [0.25, 0.3) is 0 Å². The van der Waals surface area contributed by atoms with E-state index in [0.717, 1.165) is 38.0 Å². The Morgan fingerprint density at radius 3 is 2.48 bits per heavy atom. The van der Waals surface area contributed by atoms with Gasteiger partial charge in [0, 0.05) is 30.5 Å². The van der Waals surface area contributed by atoms with Gasteiger partial charge in [-0.15, -0.1) is 11.6 Å². The SMILES string of the molecule is CC[C@H](C)NC(=O)c1cc(NC(=O)[C@H](C)Cl)ccc1N1CCCCC1. The fraction of sp³-hybridized carbons (Fsp3) is 0.579. The van der Waals surface area contributed by atoms with Gasteiger partial charge in [-0.1, -0.05) is 6.92 Å². The lowest BCUT2D eigenvalue weighted by Gasteiger charge is -2.31. The lowest BCUT2D eigenvalue weighted by atomic mass is 10.1. The molecule has 0 aromatic heterocycles. The second-order valence-electron chi connectivity index (χ2n) is 6.67. The topological polar surface area (TPSA) is 61.4 Å². The second-order valence-corrected chi connectivity index (χ2v) is 7.32. The van der Waals surface area contributed by atoms with E-state index in [-0.39, 0.29) is 17.9 Å². The third-order valence-corrected chi connectivity index (χ3v) is 4.75. The van der Waals surface area contributed by atoms with E-state index in [2.05, 4.69) is 15.5 Å². The molecular formula is C19H28ClN3O2. The molecule has 0 aliphatic carbocycles. The van der Waals surface area contributed by atoms with Gasteiger partial charge in [0.25, 0.3) is 5.91 Å². The largest absolute Gasteiger partial charge is 0.371 e. The van der Waals surface area contributed by atoms with Gasteiger partial charge in [-0.3, -0.25) is 9.59 Å². The lowest BCUT2D eigenvalue weighted by Crippen LogP contribution is -2.35. The minimum Gasteiger partial charge on any atom is -0.371 e. The van der Waals surface area contributed by atoms with Crippen molar-refractivity contribution in [2.75, 3.05) is 23.3 Å². The number of carbonyl (C=O) groups is 2. The Bertz CT molecular complexity index is 613. The number of alkyl halides is 1. The molecule has 0 radical (unpaired) electrons. The van der Waals surface area contributed by atoms with Crippen molar-refractivity contribution in [3.63, 3.8) is 0 Å². The van der Waals surface area contributed by atoms with E-state index < -0.39 is 5.38 Å². The maximum Gasteiger partial charge on any atom is 0.253 e. The highest BCUT2D eigenvalue weighted by Crippen LogP contribution is 2.27. The van der Waals surface area contributed by atoms with Gasteiger partial charge in [-0.2, -0.15) is 0 Å². The Morgan fingerprint density at radius 1 is 1.20 bits per heavy atom. The summed E-state index contributed by atoms with van der Waals surface area (Å²) in [7, 11) is 0. The molecule has 0 saturated carbocycles. The average Bonchev–Trinajstić information content (AvgIpc) is 2.62. The number of halogens is 1. The molecule has 5 nitrogen and oxygen atoms in total. The first-order valence-electron chi connectivity index (χ1n) is 9.07. The maximum absolute atomic E-state index is 12.8. The van der Waals surface area contributed by atoms with E-state index in [1.54, 1.807) is 13.0 Å². The maximum atomic E-state index is 12.8. The number of carbonyl (C=O) groups excluding carboxylic acids is 2. The summed E-state index contributed by atoms with van der Waals surface area (Å²) in [5, 5.41) is 5.16. The number of rotatable bonds is 6. The second kappa shape index (κ2) is 9.09. The van der Waals surface area contributed by atoms with E-state index in [1.165, 1.54) is 6.42 Å². The van der Waals surface area contributed by atoms with Crippen LogP contribution in [0, 0.1) is 0 Å². The predicted octanol–water partition coefficient (Wildman–Crippen LogP) is 3.77. The van der Waals surface area contributed by atoms with Gasteiger partial charge >= 0.3 is 0 Å². The Hall–Kier alpha value is -1.75. The van der Waals surface area contributed by atoms with Crippen LogP contribution in [0.3, 0.4) is 0 Å². The summed E-state index contributed by atoms with van der Waals surface area (Å²) in [4.78, 5) is 26.9. The standard InChI is InChI=1S/C19H28ClN3O2/c1-4-13(2)21-19(25)16-12-15(22-18(24)14(3)20)8-9-17(16)23-10-6-5-7-11-23/h8-9,12-14H,4-7,10-11H2,1-3H3,(H,21,25)(H,22,24)/t13-,14-/m0/s1. The van der Waals surface area contributed by atoms with Crippen LogP contribution in [0.15, 0.2) is 18.2 Å². The summed E-state index contributed by atoms with van der Waals surface area (Å²) in [5.41, 5.74) is 2.12. The third kappa shape index (κ3) is 5.36. The normalized spacial score (nSPS) is 16.9. The van der Waals surface area contributed by atoms with Crippen molar-refractivity contribution < 1.29 is 9.59 Å². The smallest absolute Gasteiger partial charge is 0.253 e. The zero-order valence-corrected chi connectivity index (χ0v) is 16.0. The minimum absolute atomic E-state index is 0.0998. The molecule has 6 heteroatoms. The van der Waals surface area contributed by atoms with E-state index in [4.69, 9.17) is 11.6 Å². The first kappa shape index (κ1) is 19.6. The van der Waals surface area contributed by atoms with Crippen LogP contribution in [-0.2, 0) is 4.79 Å². The van der Waals surface area contributed by atoms with Crippen LogP contribution >= 0.6 is 11.6 Å². The number of amides is 2. The molecule has 0 spiro atoms. The monoisotopic (exact) mass is 365 g/mol. The van der Waals surface area contributed by atoms with Gasteiger partial charge in [-0.25, -0.2) is 0 Å². The number of nitrogens with one attached hydrogen (secondary N) is 2. The summed E-state index contributed by atoms with van der Waals surface area (Å²) in [6.45, 7) is 7.55. The number of hydrogen-bond acceptors (Lipinski definition) is 3. The minimum atomic E-state index is -0.626. The zero-order chi connectivity index (χ0) is 18.4. The van der Waals surface area contributed by atoms with E-state index in [0.29, 0.717) is 11.3 Å². The fourth-order valence-electron chi connectivity index (χ4n) is 2.85. The summed E-state index contributed by atoms with van der Waals surface area (Å²) in [5.74, 6) is -0.384. The Kier molecular flexibility index (Phi) is 7.12. The van der Waals surface area contributed by atoms with Crippen molar-refractivity contribution in [3.8, 4) is 0 Å². The lowest BCUT2D eigenvalue weighted by molar-refractivity contribution is -0.115. The fourth-order valence-corrected chi connectivity index (χ4v) is 2.91. The molecule has 1 saturated heterocycles. The number of benzene rings is 1. The van der Waals surface area contributed by atoms with Gasteiger partial charge in [0.2, 0.25) is 5.91 Å². The van der Waals surface area contributed by atoms with Crippen LogP contribution < -0.4 is 15.5 Å². The molecule has 2 rings (SSSR count). The van der Waals surface area contributed by atoms with E-state index in [9.17, 15) is 9.59 Å². The molecule has 1 fully saturated rings. The van der Waals surface area contributed by atoms with Crippen LogP contribution in [0.2, 0.25) is 0 Å². The molecule has 1 aromatic carbocycles. The predicted molar refractivity (Wildman–Crippen MR) is 104 cm³/mol. The van der Waals surface area contributed by atoms with Crippen molar-refractivity contribution in [3.05, 3.63) is 23.8 Å². The van der Waals surface area contributed by atoms with Crippen LogP contribution in [-0.4, -0.2) is 36.3 Å². The zero-order valence-electron chi connectivity index (χ0n) is 15.3. The first-order chi connectivity index (χ1) is 11.9. The third-order valence-electron chi connectivity index (χ3n) is 4.56.